The fourth-order valence-corrected chi connectivity index (χ4v) is 3.82. The highest BCUT2D eigenvalue weighted by Crippen LogP contribution is 2.31. The standard InChI is InChI=1S/C21H24FN5O2/c1-3-17-18-19(24-13(2)25-21(18)29-26-17)27-10-6-8-15(12-27)20(28)23-11-14-7-4-5-9-16(14)22/h4-5,7,9,15H,3,6,8,10-12H2,1-2H3,(H,23,28). The summed E-state index contributed by atoms with van der Waals surface area (Å²) in [5, 5.41) is 7.82. The van der Waals surface area contributed by atoms with Crippen LogP contribution in [0.15, 0.2) is 28.8 Å². The second-order valence-corrected chi connectivity index (χ2v) is 7.35. The van der Waals surface area contributed by atoms with Crippen LogP contribution in [-0.2, 0) is 17.8 Å². The highest BCUT2D eigenvalue weighted by Gasteiger charge is 2.29. The van der Waals surface area contributed by atoms with Crippen molar-refractivity contribution in [2.75, 3.05) is 18.0 Å². The number of halogens is 1. The lowest BCUT2D eigenvalue weighted by molar-refractivity contribution is -0.125. The third-order valence-corrected chi connectivity index (χ3v) is 5.34. The van der Waals surface area contributed by atoms with Crippen LogP contribution in [-0.4, -0.2) is 34.1 Å². The lowest BCUT2D eigenvalue weighted by Gasteiger charge is -2.33. The van der Waals surface area contributed by atoms with Gasteiger partial charge in [0, 0.05) is 25.2 Å². The van der Waals surface area contributed by atoms with Crippen molar-refractivity contribution in [1.29, 1.82) is 0 Å². The number of rotatable bonds is 5. The quantitative estimate of drug-likeness (QED) is 0.712. The number of fused-ring (bicyclic) bond motifs is 1. The van der Waals surface area contributed by atoms with Gasteiger partial charge in [-0.3, -0.25) is 4.79 Å². The fourth-order valence-electron chi connectivity index (χ4n) is 3.82. The molecule has 0 radical (unpaired) electrons. The first-order valence-corrected chi connectivity index (χ1v) is 9.95. The van der Waals surface area contributed by atoms with Crippen molar-refractivity contribution in [3.8, 4) is 0 Å². The summed E-state index contributed by atoms with van der Waals surface area (Å²) in [6.07, 6.45) is 2.37. The molecule has 3 aromatic rings. The molecule has 4 rings (SSSR count). The van der Waals surface area contributed by atoms with Crippen LogP contribution in [0.5, 0.6) is 0 Å². The van der Waals surface area contributed by atoms with Gasteiger partial charge < -0.3 is 14.7 Å². The average molecular weight is 397 g/mol. The first-order valence-electron chi connectivity index (χ1n) is 9.95. The van der Waals surface area contributed by atoms with E-state index in [2.05, 4.69) is 25.3 Å². The van der Waals surface area contributed by atoms with Crippen molar-refractivity contribution < 1.29 is 13.7 Å². The lowest BCUT2D eigenvalue weighted by atomic mass is 9.96. The minimum atomic E-state index is -0.309. The molecule has 1 atom stereocenters. The maximum atomic E-state index is 13.8. The molecule has 7 nitrogen and oxygen atoms in total. The van der Waals surface area contributed by atoms with E-state index in [9.17, 15) is 9.18 Å². The molecule has 0 saturated carbocycles. The van der Waals surface area contributed by atoms with Crippen molar-refractivity contribution >= 4 is 22.8 Å². The fraction of sp³-hybridized carbons (Fsp3) is 0.429. The Balaban J connectivity index is 1.51. The van der Waals surface area contributed by atoms with E-state index in [0.717, 1.165) is 36.3 Å². The zero-order chi connectivity index (χ0) is 20.4. The highest BCUT2D eigenvalue weighted by molar-refractivity contribution is 5.89. The van der Waals surface area contributed by atoms with Gasteiger partial charge in [0.05, 0.1) is 11.6 Å². The number of piperidine rings is 1. The summed E-state index contributed by atoms with van der Waals surface area (Å²) in [6, 6.07) is 6.48. The monoisotopic (exact) mass is 397 g/mol. The molecule has 0 spiro atoms. The van der Waals surface area contributed by atoms with Crippen LogP contribution >= 0.6 is 0 Å². The van der Waals surface area contributed by atoms with Gasteiger partial charge in [-0.25, -0.2) is 9.37 Å². The Kier molecular flexibility index (Phi) is 5.42. The molecule has 1 aromatic carbocycles. The van der Waals surface area contributed by atoms with Gasteiger partial charge in [-0.15, -0.1) is 0 Å². The Bertz CT molecular complexity index is 1040. The summed E-state index contributed by atoms with van der Waals surface area (Å²) in [6.45, 7) is 5.36. The molecule has 1 fully saturated rings. The van der Waals surface area contributed by atoms with E-state index >= 15 is 0 Å². The molecule has 0 aliphatic carbocycles. The molecular formula is C21H24FN5O2. The number of hydrogen-bond donors (Lipinski definition) is 1. The Hall–Kier alpha value is -3.03. The first kappa shape index (κ1) is 19.3. The van der Waals surface area contributed by atoms with Gasteiger partial charge >= 0.3 is 0 Å². The van der Waals surface area contributed by atoms with E-state index < -0.39 is 0 Å². The van der Waals surface area contributed by atoms with Crippen LogP contribution in [0.4, 0.5) is 10.2 Å². The van der Waals surface area contributed by atoms with E-state index in [0.29, 0.717) is 30.1 Å². The van der Waals surface area contributed by atoms with Crippen LogP contribution in [0, 0.1) is 18.7 Å². The van der Waals surface area contributed by atoms with Gasteiger partial charge in [0.25, 0.3) is 5.71 Å². The van der Waals surface area contributed by atoms with Gasteiger partial charge in [0.2, 0.25) is 5.91 Å². The molecule has 29 heavy (non-hydrogen) atoms. The maximum absolute atomic E-state index is 13.8. The van der Waals surface area contributed by atoms with Gasteiger partial charge in [-0.2, -0.15) is 4.98 Å². The Morgan fingerprint density at radius 2 is 2.17 bits per heavy atom. The van der Waals surface area contributed by atoms with Gasteiger partial charge in [0.15, 0.2) is 0 Å². The second kappa shape index (κ2) is 8.14. The minimum Gasteiger partial charge on any atom is -0.355 e. The third kappa shape index (κ3) is 3.92. The van der Waals surface area contributed by atoms with Crippen LogP contribution in [0.25, 0.3) is 11.1 Å². The summed E-state index contributed by atoms with van der Waals surface area (Å²) in [7, 11) is 0. The molecule has 3 heterocycles. The predicted octanol–water partition coefficient (Wildman–Crippen LogP) is 3.16. The third-order valence-electron chi connectivity index (χ3n) is 5.34. The van der Waals surface area contributed by atoms with Gasteiger partial charge in [0.1, 0.15) is 22.8 Å². The van der Waals surface area contributed by atoms with Crippen molar-refractivity contribution in [2.45, 2.75) is 39.7 Å². The maximum Gasteiger partial charge on any atom is 0.263 e. The number of carbonyl (C=O) groups is 1. The summed E-state index contributed by atoms with van der Waals surface area (Å²) >= 11 is 0. The zero-order valence-corrected chi connectivity index (χ0v) is 16.6. The normalized spacial score (nSPS) is 16.9. The Labute approximate surface area is 168 Å². The topological polar surface area (TPSA) is 84.2 Å². The SMILES string of the molecule is CCc1noc2nc(C)nc(N3CCCC(C(=O)NCc4ccccc4F)C3)c12. The molecule has 0 bridgehead atoms. The first-order chi connectivity index (χ1) is 14.1. The number of anilines is 1. The number of amides is 1. The van der Waals surface area contributed by atoms with E-state index in [4.69, 9.17) is 4.52 Å². The lowest BCUT2D eigenvalue weighted by Crippen LogP contribution is -2.43. The number of nitrogens with one attached hydrogen (secondary N) is 1. The minimum absolute atomic E-state index is 0.0685. The van der Waals surface area contributed by atoms with Crippen molar-refractivity contribution in [2.24, 2.45) is 5.92 Å². The molecule has 1 aliphatic rings. The summed E-state index contributed by atoms with van der Waals surface area (Å²) in [4.78, 5) is 23.8. The molecular weight excluding hydrogens is 373 g/mol. The number of benzene rings is 1. The number of aromatic nitrogens is 3. The molecule has 1 amide bonds. The number of nitrogens with zero attached hydrogens (tertiary/aromatic N) is 4. The molecule has 1 aliphatic heterocycles. The summed E-state index contributed by atoms with van der Waals surface area (Å²) in [5.41, 5.74) is 1.79. The predicted molar refractivity (Wildman–Crippen MR) is 107 cm³/mol. The van der Waals surface area contributed by atoms with E-state index in [1.165, 1.54) is 6.07 Å². The van der Waals surface area contributed by atoms with Gasteiger partial charge in [-0.05, 0) is 32.3 Å². The highest BCUT2D eigenvalue weighted by atomic mass is 19.1. The van der Waals surface area contributed by atoms with Crippen LogP contribution in [0.3, 0.4) is 0 Å². The van der Waals surface area contributed by atoms with Crippen LogP contribution in [0.1, 0.15) is 36.8 Å². The Morgan fingerprint density at radius 3 is 2.97 bits per heavy atom. The summed E-state index contributed by atoms with van der Waals surface area (Å²) in [5.74, 6) is 0.818. The van der Waals surface area contributed by atoms with Gasteiger partial charge in [-0.1, -0.05) is 30.3 Å². The number of aryl methyl sites for hydroxylation is 2. The largest absolute Gasteiger partial charge is 0.355 e. The number of carbonyl (C=O) groups excluding carboxylic acids is 1. The molecule has 152 valence electrons. The number of hydrogen-bond acceptors (Lipinski definition) is 6. The van der Waals surface area contributed by atoms with Crippen molar-refractivity contribution in [3.63, 3.8) is 0 Å². The average Bonchev–Trinajstić information content (AvgIpc) is 3.15. The van der Waals surface area contributed by atoms with Crippen LogP contribution in [0.2, 0.25) is 0 Å². The van der Waals surface area contributed by atoms with Crippen LogP contribution < -0.4 is 10.2 Å². The molecule has 1 saturated heterocycles. The van der Waals surface area contributed by atoms with Crippen molar-refractivity contribution in [3.05, 3.63) is 47.2 Å². The summed E-state index contributed by atoms with van der Waals surface area (Å²) < 4.78 is 19.2. The van der Waals surface area contributed by atoms with Crippen molar-refractivity contribution in [1.82, 2.24) is 20.4 Å². The smallest absolute Gasteiger partial charge is 0.263 e. The Morgan fingerprint density at radius 1 is 1.34 bits per heavy atom. The molecule has 1 unspecified atom stereocenters. The molecule has 1 N–H and O–H groups in total. The van der Waals surface area contributed by atoms with E-state index in [1.807, 2.05) is 13.8 Å². The molecule has 8 heteroatoms. The zero-order valence-electron chi connectivity index (χ0n) is 16.6. The molecule has 2 aromatic heterocycles. The van der Waals surface area contributed by atoms with E-state index in [-0.39, 0.29) is 24.2 Å². The second-order valence-electron chi connectivity index (χ2n) is 7.35. The van der Waals surface area contributed by atoms with E-state index in [1.54, 1.807) is 18.2 Å².